The van der Waals surface area contributed by atoms with E-state index < -0.39 is 33.7 Å². The summed E-state index contributed by atoms with van der Waals surface area (Å²) in [5, 5.41) is 7.82. The summed E-state index contributed by atoms with van der Waals surface area (Å²) in [7, 11) is -2.48. The number of anilines is 2. The maximum Gasteiger partial charge on any atom is 0.263 e. The lowest BCUT2D eigenvalue weighted by Gasteiger charge is -2.36. The zero-order chi connectivity index (χ0) is 28.8. The molecular formula is C28H31F3N6O2S. The van der Waals surface area contributed by atoms with Gasteiger partial charge in [-0.2, -0.15) is 5.10 Å². The Labute approximate surface area is 230 Å². The number of sulfonamides is 1. The minimum Gasteiger partial charge on any atom is -0.383 e. The molecule has 0 spiro atoms. The minimum absolute atomic E-state index is 0.0480. The van der Waals surface area contributed by atoms with Crippen LogP contribution in [0, 0.1) is 12.7 Å². The number of nitrogen functional groups attached to an aromatic ring is 1. The van der Waals surface area contributed by atoms with Gasteiger partial charge in [-0.25, -0.2) is 26.6 Å². The largest absolute Gasteiger partial charge is 0.383 e. The average Bonchev–Trinajstić information content (AvgIpc) is 3.30. The maximum atomic E-state index is 15.3. The smallest absolute Gasteiger partial charge is 0.263 e. The fourth-order valence-electron chi connectivity index (χ4n) is 5.57. The molecule has 0 saturated heterocycles. The predicted octanol–water partition coefficient (Wildman–Crippen LogP) is 5.44. The molecule has 1 aliphatic carbocycles. The van der Waals surface area contributed by atoms with Crippen LogP contribution in [0.3, 0.4) is 0 Å². The summed E-state index contributed by atoms with van der Waals surface area (Å²) in [5.41, 5.74) is 8.50. The van der Waals surface area contributed by atoms with E-state index in [1.54, 1.807) is 49.1 Å². The van der Waals surface area contributed by atoms with Crippen molar-refractivity contribution in [2.24, 2.45) is 0 Å². The summed E-state index contributed by atoms with van der Waals surface area (Å²) in [6, 6.07) is 9.56. The number of nitrogens with zero attached hydrogens (tertiary/aromatic N) is 3. The van der Waals surface area contributed by atoms with Gasteiger partial charge in [0.2, 0.25) is 0 Å². The molecule has 1 aliphatic rings. The summed E-state index contributed by atoms with van der Waals surface area (Å²) in [6.07, 6.45) is 2.04. The second-order valence-corrected chi connectivity index (χ2v) is 11.8. The molecule has 0 amide bonds. The van der Waals surface area contributed by atoms with Crippen LogP contribution in [0.4, 0.5) is 24.7 Å². The standard InChI is InChI=1S/C28H31F3N6O2S/c1-4-37-26-19(18-10-12-23(33-3)28(30,31)14-18)15-34-27(32)24(26)25(35-37)17-9-11-21(20(29)13-17)36-40(38,39)22-8-6-5-7-16(22)2/h5-9,11,13,15,18,23,33,36H,4,10,12,14H2,1-3H3,(H2,32,34). The van der Waals surface area contributed by atoms with Gasteiger partial charge in [0.1, 0.15) is 17.3 Å². The topological polar surface area (TPSA) is 115 Å². The highest BCUT2D eigenvalue weighted by atomic mass is 32.2. The summed E-state index contributed by atoms with van der Waals surface area (Å²) >= 11 is 0. The van der Waals surface area contributed by atoms with Crippen LogP contribution >= 0.6 is 0 Å². The van der Waals surface area contributed by atoms with Crippen molar-refractivity contribution in [1.29, 1.82) is 0 Å². The molecule has 5 rings (SSSR count). The Bertz CT molecular complexity index is 1690. The molecule has 1 saturated carbocycles. The minimum atomic E-state index is -4.02. The molecule has 2 aromatic carbocycles. The van der Waals surface area contributed by atoms with Gasteiger partial charge in [-0.1, -0.05) is 24.3 Å². The van der Waals surface area contributed by atoms with Gasteiger partial charge in [-0.3, -0.25) is 9.40 Å². The van der Waals surface area contributed by atoms with Gasteiger partial charge in [0.25, 0.3) is 15.9 Å². The molecule has 0 aliphatic heterocycles. The highest BCUT2D eigenvalue weighted by molar-refractivity contribution is 7.92. The van der Waals surface area contributed by atoms with Crippen molar-refractivity contribution in [2.45, 2.75) is 62.4 Å². The highest BCUT2D eigenvalue weighted by Gasteiger charge is 2.45. The van der Waals surface area contributed by atoms with Crippen molar-refractivity contribution in [3.63, 3.8) is 0 Å². The summed E-state index contributed by atoms with van der Waals surface area (Å²) < 4.78 is 74.8. The molecule has 2 unspecified atom stereocenters. The van der Waals surface area contributed by atoms with Gasteiger partial charge in [0.05, 0.1) is 27.5 Å². The highest BCUT2D eigenvalue weighted by Crippen LogP contribution is 2.45. The van der Waals surface area contributed by atoms with Crippen molar-refractivity contribution in [2.75, 3.05) is 17.5 Å². The van der Waals surface area contributed by atoms with Crippen LogP contribution in [0.5, 0.6) is 0 Å². The molecule has 2 heterocycles. The average molecular weight is 573 g/mol. The van der Waals surface area contributed by atoms with Crippen LogP contribution in [-0.4, -0.2) is 42.2 Å². The normalized spacial score (nSPS) is 19.1. The van der Waals surface area contributed by atoms with Gasteiger partial charge in [0.15, 0.2) is 0 Å². The third-order valence-electron chi connectivity index (χ3n) is 7.61. The molecule has 2 atom stereocenters. The number of nitrogens with two attached hydrogens (primary N) is 1. The Morgan fingerprint density at radius 2 is 1.93 bits per heavy atom. The van der Waals surface area contributed by atoms with E-state index in [1.165, 1.54) is 18.2 Å². The number of rotatable bonds is 7. The van der Waals surface area contributed by atoms with Crippen LogP contribution in [0.1, 0.15) is 43.2 Å². The van der Waals surface area contributed by atoms with E-state index in [9.17, 15) is 17.2 Å². The van der Waals surface area contributed by atoms with E-state index in [4.69, 9.17) is 5.73 Å². The predicted molar refractivity (Wildman–Crippen MR) is 149 cm³/mol. The van der Waals surface area contributed by atoms with E-state index in [0.29, 0.717) is 52.7 Å². The summed E-state index contributed by atoms with van der Waals surface area (Å²) in [4.78, 5) is 4.36. The van der Waals surface area contributed by atoms with Crippen molar-refractivity contribution >= 4 is 32.4 Å². The lowest BCUT2D eigenvalue weighted by molar-refractivity contribution is -0.0677. The molecule has 2 aromatic heterocycles. The number of fused-ring (bicyclic) bond motifs is 1. The zero-order valence-corrected chi connectivity index (χ0v) is 23.2. The molecule has 0 bridgehead atoms. The van der Waals surface area contributed by atoms with Gasteiger partial charge in [0, 0.05) is 24.7 Å². The SMILES string of the molecule is CCn1nc(-c2ccc(NS(=O)(=O)c3ccccc3C)c(F)c2)c2c(N)ncc(C3CCC(NC)C(F)(F)C3)c21. The number of hydrogen-bond donors (Lipinski definition) is 3. The third kappa shape index (κ3) is 4.90. The van der Waals surface area contributed by atoms with E-state index in [-0.39, 0.29) is 22.8 Å². The Balaban J connectivity index is 1.55. The first-order chi connectivity index (χ1) is 19.0. The zero-order valence-electron chi connectivity index (χ0n) is 22.4. The fourth-order valence-corrected chi connectivity index (χ4v) is 6.88. The lowest BCUT2D eigenvalue weighted by Crippen LogP contribution is -2.47. The van der Waals surface area contributed by atoms with Crippen LogP contribution in [-0.2, 0) is 16.6 Å². The molecular weight excluding hydrogens is 541 g/mol. The van der Waals surface area contributed by atoms with Crippen LogP contribution in [0.25, 0.3) is 22.2 Å². The van der Waals surface area contributed by atoms with E-state index >= 15 is 4.39 Å². The van der Waals surface area contributed by atoms with Crippen LogP contribution in [0.2, 0.25) is 0 Å². The van der Waals surface area contributed by atoms with Gasteiger partial charge >= 0.3 is 0 Å². The van der Waals surface area contributed by atoms with E-state index in [2.05, 4.69) is 20.1 Å². The molecule has 4 N–H and O–H groups in total. The Hall–Kier alpha value is -3.64. The first-order valence-corrected chi connectivity index (χ1v) is 14.5. The molecule has 0 radical (unpaired) electrons. The molecule has 40 heavy (non-hydrogen) atoms. The molecule has 8 nitrogen and oxygen atoms in total. The van der Waals surface area contributed by atoms with Gasteiger partial charge in [-0.05, 0) is 69.0 Å². The van der Waals surface area contributed by atoms with Gasteiger partial charge < -0.3 is 11.1 Å². The van der Waals surface area contributed by atoms with Crippen LogP contribution in [0.15, 0.2) is 53.6 Å². The Morgan fingerprint density at radius 1 is 1.18 bits per heavy atom. The number of alkyl halides is 2. The summed E-state index contributed by atoms with van der Waals surface area (Å²) in [5.74, 6) is -4.01. The second kappa shape index (κ2) is 10.4. The number of aromatic nitrogens is 3. The first kappa shape index (κ1) is 27.9. The second-order valence-electron chi connectivity index (χ2n) is 10.1. The van der Waals surface area contributed by atoms with E-state index in [0.717, 1.165) is 0 Å². The molecule has 1 fully saturated rings. The molecule has 4 aromatic rings. The monoisotopic (exact) mass is 572 g/mol. The number of pyridine rings is 1. The van der Waals surface area contributed by atoms with Crippen molar-refractivity contribution in [1.82, 2.24) is 20.1 Å². The van der Waals surface area contributed by atoms with Crippen molar-refractivity contribution < 1.29 is 21.6 Å². The van der Waals surface area contributed by atoms with E-state index in [1.807, 2.05) is 6.92 Å². The summed E-state index contributed by atoms with van der Waals surface area (Å²) in [6.45, 7) is 3.95. The molecule has 12 heteroatoms. The van der Waals surface area contributed by atoms with Gasteiger partial charge in [-0.15, -0.1) is 0 Å². The number of nitrogens with one attached hydrogen (secondary N) is 2. The Morgan fingerprint density at radius 3 is 2.58 bits per heavy atom. The number of benzene rings is 2. The van der Waals surface area contributed by atoms with Crippen molar-refractivity contribution in [3.05, 3.63) is 65.6 Å². The lowest BCUT2D eigenvalue weighted by atomic mass is 9.79. The maximum absolute atomic E-state index is 15.3. The third-order valence-corrected chi connectivity index (χ3v) is 9.14. The first-order valence-electron chi connectivity index (χ1n) is 13.0. The quantitative estimate of drug-likeness (QED) is 0.272. The van der Waals surface area contributed by atoms with Crippen molar-refractivity contribution in [3.8, 4) is 11.3 Å². The van der Waals surface area contributed by atoms with Crippen LogP contribution < -0.4 is 15.8 Å². The number of halogens is 3. The number of hydrogen-bond acceptors (Lipinski definition) is 6. The Kier molecular flexibility index (Phi) is 7.26. The molecule has 212 valence electrons. The number of aryl methyl sites for hydroxylation is 2. The fraction of sp³-hybridized carbons (Fsp3) is 0.357.